The number of amidine groups is 1. The number of hydrogen-bond acceptors (Lipinski definition) is 3. The standard InChI is InChI=1S/C9H15N3O/c1-7-8(10)3-4-11-9(7)12-5-6-13-2/h3-4,8H,1,5-6,10H2,2H3,(H,11,12). The maximum atomic E-state index is 5.73. The monoisotopic (exact) mass is 181 g/mol. The van der Waals surface area contributed by atoms with Crippen molar-refractivity contribution in [2.45, 2.75) is 6.04 Å². The van der Waals surface area contributed by atoms with Gasteiger partial charge in [0.2, 0.25) is 0 Å². The molecule has 0 aliphatic carbocycles. The highest BCUT2D eigenvalue weighted by Gasteiger charge is 2.13. The molecule has 4 nitrogen and oxygen atoms in total. The molecule has 1 aliphatic rings. The molecule has 0 bridgehead atoms. The molecule has 1 aliphatic heterocycles. The molecule has 72 valence electrons. The zero-order chi connectivity index (χ0) is 9.68. The summed E-state index contributed by atoms with van der Waals surface area (Å²) in [4.78, 5) is 4.25. The van der Waals surface area contributed by atoms with E-state index < -0.39 is 0 Å². The van der Waals surface area contributed by atoms with Gasteiger partial charge in [-0.1, -0.05) is 6.58 Å². The highest BCUT2D eigenvalue weighted by Crippen LogP contribution is 2.04. The average molecular weight is 181 g/mol. The van der Waals surface area contributed by atoms with E-state index in [-0.39, 0.29) is 6.04 Å². The quantitative estimate of drug-likeness (QED) is 0.604. The van der Waals surface area contributed by atoms with Crippen molar-refractivity contribution in [1.29, 1.82) is 0 Å². The summed E-state index contributed by atoms with van der Waals surface area (Å²) < 4.78 is 4.88. The van der Waals surface area contributed by atoms with Gasteiger partial charge in [0.05, 0.1) is 19.2 Å². The minimum Gasteiger partial charge on any atom is -0.383 e. The largest absolute Gasteiger partial charge is 0.383 e. The third kappa shape index (κ3) is 2.68. The van der Waals surface area contributed by atoms with Gasteiger partial charge in [-0.15, -0.1) is 0 Å². The van der Waals surface area contributed by atoms with Crippen molar-refractivity contribution in [3.8, 4) is 0 Å². The van der Waals surface area contributed by atoms with Crippen molar-refractivity contribution in [1.82, 2.24) is 5.32 Å². The van der Waals surface area contributed by atoms with Crippen molar-refractivity contribution >= 4 is 5.84 Å². The molecule has 4 heteroatoms. The smallest absolute Gasteiger partial charge is 0.129 e. The summed E-state index contributed by atoms with van der Waals surface area (Å²) in [5, 5.41) is 2.99. The molecule has 13 heavy (non-hydrogen) atoms. The number of methoxy groups -OCH3 is 1. The molecule has 0 radical (unpaired) electrons. The Morgan fingerprint density at radius 2 is 2.54 bits per heavy atom. The van der Waals surface area contributed by atoms with E-state index in [4.69, 9.17) is 10.5 Å². The number of nitrogens with one attached hydrogen (secondary N) is 1. The molecule has 1 atom stereocenters. The highest BCUT2D eigenvalue weighted by atomic mass is 16.5. The van der Waals surface area contributed by atoms with E-state index >= 15 is 0 Å². The van der Waals surface area contributed by atoms with Crippen LogP contribution in [0.5, 0.6) is 0 Å². The maximum Gasteiger partial charge on any atom is 0.129 e. The Morgan fingerprint density at radius 1 is 1.77 bits per heavy atom. The Labute approximate surface area is 78.2 Å². The van der Waals surface area contributed by atoms with Gasteiger partial charge in [0, 0.05) is 18.9 Å². The average Bonchev–Trinajstić information content (AvgIpc) is 2.13. The first-order valence-electron chi connectivity index (χ1n) is 4.17. The Kier molecular flexibility index (Phi) is 3.67. The van der Waals surface area contributed by atoms with Gasteiger partial charge in [0.15, 0.2) is 0 Å². The van der Waals surface area contributed by atoms with E-state index in [1.165, 1.54) is 0 Å². The van der Waals surface area contributed by atoms with Crippen LogP contribution >= 0.6 is 0 Å². The van der Waals surface area contributed by atoms with E-state index in [0.29, 0.717) is 13.2 Å². The number of aliphatic imine (C=N–C) groups is 1. The summed E-state index contributed by atoms with van der Waals surface area (Å²) in [6.07, 6.45) is 3.63. The van der Waals surface area contributed by atoms with Gasteiger partial charge in [-0.25, -0.2) is 0 Å². The van der Waals surface area contributed by atoms with Crippen molar-refractivity contribution in [2.75, 3.05) is 20.3 Å². The van der Waals surface area contributed by atoms with Crippen molar-refractivity contribution in [3.05, 3.63) is 24.4 Å². The minimum atomic E-state index is -0.123. The molecule has 0 aromatic rings. The second-order valence-corrected chi connectivity index (χ2v) is 2.78. The van der Waals surface area contributed by atoms with E-state index in [2.05, 4.69) is 16.9 Å². The lowest BCUT2D eigenvalue weighted by atomic mass is 10.1. The van der Waals surface area contributed by atoms with E-state index in [1.54, 1.807) is 13.3 Å². The topological polar surface area (TPSA) is 59.6 Å². The van der Waals surface area contributed by atoms with Crippen LogP contribution in [0.15, 0.2) is 29.4 Å². The van der Waals surface area contributed by atoms with Gasteiger partial charge in [0.25, 0.3) is 0 Å². The molecular formula is C9H15N3O. The summed E-state index contributed by atoms with van der Waals surface area (Å²) in [5.74, 6) is 0.757. The molecule has 0 aromatic carbocycles. The van der Waals surface area contributed by atoms with E-state index in [1.807, 2.05) is 6.08 Å². The Hall–Kier alpha value is -1.13. The Balaban J connectivity index is 2.55. The van der Waals surface area contributed by atoms with Crippen molar-refractivity contribution < 1.29 is 4.74 Å². The van der Waals surface area contributed by atoms with Crippen molar-refractivity contribution in [3.63, 3.8) is 0 Å². The highest BCUT2D eigenvalue weighted by molar-refractivity contribution is 6.00. The lowest BCUT2D eigenvalue weighted by Gasteiger charge is -2.18. The van der Waals surface area contributed by atoms with Crippen LogP contribution in [-0.4, -0.2) is 32.1 Å². The van der Waals surface area contributed by atoms with Crippen LogP contribution in [0.1, 0.15) is 0 Å². The van der Waals surface area contributed by atoms with E-state index in [9.17, 15) is 0 Å². The summed E-state index contributed by atoms with van der Waals surface area (Å²) >= 11 is 0. The first-order valence-corrected chi connectivity index (χ1v) is 4.17. The molecule has 0 saturated heterocycles. The molecule has 3 N–H and O–H groups in total. The fourth-order valence-corrected chi connectivity index (χ4v) is 0.993. The molecule has 1 heterocycles. The molecule has 0 spiro atoms. The minimum absolute atomic E-state index is 0.123. The molecule has 0 amide bonds. The zero-order valence-corrected chi connectivity index (χ0v) is 7.79. The number of nitrogens with zero attached hydrogens (tertiary/aromatic N) is 1. The summed E-state index contributed by atoms with van der Waals surface area (Å²) in [6.45, 7) is 5.08. The summed E-state index contributed by atoms with van der Waals surface area (Å²) in [7, 11) is 1.65. The summed E-state index contributed by atoms with van der Waals surface area (Å²) in [6, 6.07) is -0.123. The van der Waals surface area contributed by atoms with Gasteiger partial charge in [-0.3, -0.25) is 4.99 Å². The molecular weight excluding hydrogens is 166 g/mol. The molecule has 1 rings (SSSR count). The molecule has 0 aromatic heterocycles. The molecule has 1 unspecified atom stereocenters. The number of nitrogens with two attached hydrogens (primary N) is 1. The van der Waals surface area contributed by atoms with Gasteiger partial charge in [-0.05, 0) is 6.08 Å². The predicted molar refractivity (Wildman–Crippen MR) is 53.6 cm³/mol. The van der Waals surface area contributed by atoms with Crippen molar-refractivity contribution in [2.24, 2.45) is 10.7 Å². The van der Waals surface area contributed by atoms with Crippen LogP contribution in [0.3, 0.4) is 0 Å². The third-order valence-electron chi connectivity index (χ3n) is 1.80. The zero-order valence-electron chi connectivity index (χ0n) is 7.79. The normalized spacial score (nSPS) is 24.9. The van der Waals surface area contributed by atoms with Gasteiger partial charge < -0.3 is 15.8 Å². The second kappa shape index (κ2) is 4.79. The Bertz CT molecular complexity index is 245. The van der Waals surface area contributed by atoms with E-state index in [0.717, 1.165) is 11.4 Å². The van der Waals surface area contributed by atoms with Crippen LogP contribution in [0.4, 0.5) is 0 Å². The predicted octanol–water partition coefficient (Wildman–Crippen LogP) is 0.0317. The van der Waals surface area contributed by atoms with Crippen LogP contribution in [0.2, 0.25) is 0 Å². The van der Waals surface area contributed by atoms with Crippen LogP contribution < -0.4 is 11.1 Å². The van der Waals surface area contributed by atoms with Crippen LogP contribution in [0, 0.1) is 0 Å². The second-order valence-electron chi connectivity index (χ2n) is 2.78. The lowest BCUT2D eigenvalue weighted by Crippen LogP contribution is -2.35. The lowest BCUT2D eigenvalue weighted by molar-refractivity contribution is 0.208. The SMILES string of the molecule is C=C1C(=NCCOC)NC=CC1N. The first kappa shape index (κ1) is 9.95. The Morgan fingerprint density at radius 3 is 3.23 bits per heavy atom. The van der Waals surface area contributed by atoms with Gasteiger partial charge in [-0.2, -0.15) is 0 Å². The molecule has 0 fully saturated rings. The fraction of sp³-hybridized carbons (Fsp3) is 0.444. The molecule has 0 saturated carbocycles. The van der Waals surface area contributed by atoms with Gasteiger partial charge >= 0.3 is 0 Å². The number of hydrogen-bond donors (Lipinski definition) is 2. The number of rotatable bonds is 3. The van der Waals surface area contributed by atoms with Gasteiger partial charge in [0.1, 0.15) is 5.84 Å². The fourth-order valence-electron chi connectivity index (χ4n) is 0.993. The number of ether oxygens (including phenoxy) is 1. The van der Waals surface area contributed by atoms with Crippen LogP contribution in [0.25, 0.3) is 0 Å². The summed E-state index contributed by atoms with van der Waals surface area (Å²) in [5.41, 5.74) is 6.55. The maximum absolute atomic E-state index is 5.73. The first-order chi connectivity index (χ1) is 6.25. The van der Waals surface area contributed by atoms with Crippen LogP contribution in [-0.2, 0) is 4.74 Å². The third-order valence-corrected chi connectivity index (χ3v) is 1.80.